The van der Waals surface area contributed by atoms with Crippen molar-refractivity contribution >= 4 is 21.6 Å². The number of halogens is 2. The third kappa shape index (κ3) is 0.929. The van der Waals surface area contributed by atoms with E-state index >= 15 is 0 Å². The minimum atomic E-state index is -0.369. The van der Waals surface area contributed by atoms with E-state index in [4.69, 9.17) is 0 Å². The zero-order valence-corrected chi connectivity index (χ0v) is 7.84. The molecule has 2 aromatic rings. The van der Waals surface area contributed by atoms with E-state index in [1.807, 2.05) is 0 Å². The Balaban J connectivity index is 2.94. The second kappa shape index (κ2) is 2.52. The fourth-order valence-electron chi connectivity index (χ4n) is 0.995. The first-order valence-electron chi connectivity index (χ1n) is 3.35. The van der Waals surface area contributed by atoms with Crippen LogP contribution < -0.4 is 0 Å². The Morgan fingerprint density at radius 3 is 3.08 bits per heavy atom. The summed E-state index contributed by atoms with van der Waals surface area (Å²) in [7, 11) is 0. The monoisotopic (exact) mass is 229 g/mol. The van der Waals surface area contributed by atoms with Gasteiger partial charge in [0.15, 0.2) is 11.5 Å². The first-order chi connectivity index (χ1) is 5.70. The maximum Gasteiger partial charge on any atom is 0.177 e. The van der Waals surface area contributed by atoms with E-state index in [2.05, 4.69) is 26.0 Å². The van der Waals surface area contributed by atoms with Crippen LogP contribution in [0.5, 0.6) is 0 Å². The van der Waals surface area contributed by atoms with Gasteiger partial charge in [-0.25, -0.2) is 13.9 Å². The van der Waals surface area contributed by atoms with Crippen LogP contribution in [0.25, 0.3) is 5.65 Å². The van der Waals surface area contributed by atoms with Crippen LogP contribution in [-0.4, -0.2) is 14.6 Å². The van der Waals surface area contributed by atoms with E-state index in [1.165, 1.54) is 4.52 Å². The molecule has 12 heavy (non-hydrogen) atoms. The van der Waals surface area contributed by atoms with Gasteiger partial charge < -0.3 is 0 Å². The van der Waals surface area contributed by atoms with Crippen molar-refractivity contribution in [1.29, 1.82) is 0 Å². The Kier molecular flexibility index (Phi) is 1.61. The topological polar surface area (TPSA) is 30.2 Å². The van der Waals surface area contributed by atoms with Crippen molar-refractivity contribution in [2.24, 2.45) is 0 Å². The quantitative estimate of drug-likeness (QED) is 0.647. The fourth-order valence-corrected chi connectivity index (χ4v) is 1.56. The van der Waals surface area contributed by atoms with Gasteiger partial charge in [-0.15, -0.1) is 0 Å². The summed E-state index contributed by atoms with van der Waals surface area (Å²) in [5.74, 6) is -0.369. The standard InChI is InChI=1S/C7H5BrFN3/c1-4-6(9)7(8)12-5(11-4)2-3-10-12/h2-3H,1H3. The first kappa shape index (κ1) is 7.67. The van der Waals surface area contributed by atoms with Gasteiger partial charge in [-0.2, -0.15) is 5.10 Å². The van der Waals surface area contributed by atoms with Gasteiger partial charge in [-0.05, 0) is 22.9 Å². The summed E-state index contributed by atoms with van der Waals surface area (Å²) >= 11 is 3.10. The molecule has 0 N–H and O–H groups in total. The Morgan fingerprint density at radius 2 is 2.33 bits per heavy atom. The molecule has 0 unspecified atom stereocenters. The molecule has 0 aromatic carbocycles. The summed E-state index contributed by atoms with van der Waals surface area (Å²) in [6.07, 6.45) is 1.58. The maximum atomic E-state index is 13.2. The molecule has 0 atom stereocenters. The molecule has 0 saturated carbocycles. The normalized spacial score (nSPS) is 10.9. The molecule has 62 valence electrons. The van der Waals surface area contributed by atoms with Crippen molar-refractivity contribution in [3.8, 4) is 0 Å². The molecular formula is C7H5BrFN3. The molecule has 0 bridgehead atoms. The zero-order chi connectivity index (χ0) is 8.72. The molecule has 2 aromatic heterocycles. The van der Waals surface area contributed by atoms with Crippen LogP contribution in [-0.2, 0) is 0 Å². The number of rotatable bonds is 0. The molecule has 3 nitrogen and oxygen atoms in total. The summed E-state index contributed by atoms with van der Waals surface area (Å²) in [6.45, 7) is 1.62. The van der Waals surface area contributed by atoms with Gasteiger partial charge in [0.1, 0.15) is 4.60 Å². The zero-order valence-electron chi connectivity index (χ0n) is 6.25. The molecule has 0 aliphatic carbocycles. The predicted molar refractivity (Wildman–Crippen MR) is 45.4 cm³/mol. The Labute approximate surface area is 76.4 Å². The van der Waals surface area contributed by atoms with Crippen molar-refractivity contribution in [2.45, 2.75) is 6.92 Å². The van der Waals surface area contributed by atoms with E-state index in [-0.39, 0.29) is 5.82 Å². The first-order valence-corrected chi connectivity index (χ1v) is 4.15. The van der Waals surface area contributed by atoms with Gasteiger partial charge in [-0.1, -0.05) is 0 Å². The van der Waals surface area contributed by atoms with Crippen molar-refractivity contribution in [3.63, 3.8) is 0 Å². The predicted octanol–water partition coefficient (Wildman–Crippen LogP) is 1.94. The van der Waals surface area contributed by atoms with E-state index < -0.39 is 0 Å². The van der Waals surface area contributed by atoms with Gasteiger partial charge in [-0.3, -0.25) is 0 Å². The Bertz CT molecular complexity index is 437. The van der Waals surface area contributed by atoms with Crippen molar-refractivity contribution in [3.05, 3.63) is 28.4 Å². The minimum absolute atomic E-state index is 0.315. The van der Waals surface area contributed by atoms with Gasteiger partial charge in [0.05, 0.1) is 11.9 Å². The van der Waals surface area contributed by atoms with Crippen LogP contribution in [0.3, 0.4) is 0 Å². The fraction of sp³-hybridized carbons (Fsp3) is 0.143. The van der Waals surface area contributed by atoms with E-state index in [1.54, 1.807) is 19.2 Å². The van der Waals surface area contributed by atoms with Crippen LogP contribution in [0, 0.1) is 12.7 Å². The lowest BCUT2D eigenvalue weighted by atomic mass is 10.4. The molecular weight excluding hydrogens is 225 g/mol. The number of fused-ring (bicyclic) bond motifs is 1. The highest BCUT2D eigenvalue weighted by molar-refractivity contribution is 9.10. The molecule has 0 fully saturated rings. The molecule has 0 spiro atoms. The van der Waals surface area contributed by atoms with E-state index in [0.717, 1.165) is 0 Å². The van der Waals surface area contributed by atoms with Crippen LogP contribution in [0.2, 0.25) is 0 Å². The second-order valence-corrected chi connectivity index (χ2v) is 3.15. The lowest BCUT2D eigenvalue weighted by molar-refractivity contribution is 0.585. The average molecular weight is 230 g/mol. The molecule has 5 heteroatoms. The van der Waals surface area contributed by atoms with Crippen LogP contribution in [0.15, 0.2) is 16.9 Å². The van der Waals surface area contributed by atoms with Crippen LogP contribution >= 0.6 is 15.9 Å². The Hall–Kier alpha value is -0.970. The third-order valence-corrected chi connectivity index (χ3v) is 2.27. The summed E-state index contributed by atoms with van der Waals surface area (Å²) in [4.78, 5) is 3.99. The molecule has 0 aliphatic rings. The van der Waals surface area contributed by atoms with Crippen molar-refractivity contribution in [2.75, 3.05) is 0 Å². The summed E-state index contributed by atoms with van der Waals surface area (Å²) in [5.41, 5.74) is 1.01. The molecule has 0 amide bonds. The van der Waals surface area contributed by atoms with Crippen molar-refractivity contribution < 1.29 is 4.39 Å². The minimum Gasteiger partial charge on any atom is -0.231 e. The number of hydrogen-bond acceptors (Lipinski definition) is 2. The van der Waals surface area contributed by atoms with Crippen LogP contribution in [0.1, 0.15) is 5.69 Å². The lowest BCUT2D eigenvalue weighted by Gasteiger charge is -2.00. The highest BCUT2D eigenvalue weighted by Crippen LogP contribution is 2.17. The number of aromatic nitrogens is 3. The highest BCUT2D eigenvalue weighted by atomic mass is 79.9. The van der Waals surface area contributed by atoms with Crippen molar-refractivity contribution in [1.82, 2.24) is 14.6 Å². The highest BCUT2D eigenvalue weighted by Gasteiger charge is 2.09. The number of nitrogens with zero attached hydrogens (tertiary/aromatic N) is 3. The van der Waals surface area contributed by atoms with Gasteiger partial charge in [0.2, 0.25) is 0 Å². The number of aryl methyl sites for hydroxylation is 1. The molecule has 0 radical (unpaired) electrons. The summed E-state index contributed by atoms with van der Waals surface area (Å²) in [5, 5.41) is 3.89. The molecule has 2 rings (SSSR count). The molecule has 0 aliphatic heterocycles. The molecule has 2 heterocycles. The van der Waals surface area contributed by atoms with E-state index in [0.29, 0.717) is 15.9 Å². The largest absolute Gasteiger partial charge is 0.231 e. The Morgan fingerprint density at radius 1 is 1.58 bits per heavy atom. The van der Waals surface area contributed by atoms with E-state index in [9.17, 15) is 4.39 Å². The average Bonchev–Trinajstić information content (AvgIpc) is 2.48. The van der Waals surface area contributed by atoms with Gasteiger partial charge in [0.25, 0.3) is 0 Å². The van der Waals surface area contributed by atoms with Gasteiger partial charge >= 0.3 is 0 Å². The smallest absolute Gasteiger partial charge is 0.177 e. The lowest BCUT2D eigenvalue weighted by Crippen LogP contribution is -1.99. The number of hydrogen-bond donors (Lipinski definition) is 0. The third-order valence-electron chi connectivity index (χ3n) is 1.59. The van der Waals surface area contributed by atoms with Gasteiger partial charge in [0, 0.05) is 6.07 Å². The summed E-state index contributed by atoms with van der Waals surface area (Å²) < 4.78 is 14.9. The summed E-state index contributed by atoms with van der Waals surface area (Å²) in [6, 6.07) is 1.72. The SMILES string of the molecule is Cc1nc2ccnn2c(Br)c1F. The maximum absolute atomic E-state index is 13.2. The second-order valence-electron chi connectivity index (χ2n) is 2.40. The molecule has 0 saturated heterocycles. The van der Waals surface area contributed by atoms with Crippen LogP contribution in [0.4, 0.5) is 4.39 Å².